The van der Waals surface area contributed by atoms with E-state index in [1.165, 1.54) is 0 Å². The normalized spacial score (nSPS) is 13.2. The lowest BCUT2D eigenvalue weighted by molar-refractivity contribution is 0.225. The van der Waals surface area contributed by atoms with Crippen LogP contribution in [0.2, 0.25) is 0 Å². The fraction of sp³-hybridized carbons (Fsp3) is 0.500. The summed E-state index contributed by atoms with van der Waals surface area (Å²) in [6.45, 7) is 1.33. The molecule has 1 aromatic rings. The molecule has 0 aromatic heterocycles. The molecule has 9 heteroatoms. The number of hydrogen-bond acceptors (Lipinski definition) is 3. The van der Waals surface area contributed by atoms with Gasteiger partial charge in [0.05, 0.1) is 12.4 Å². The molecule has 0 fully saturated rings. The van der Waals surface area contributed by atoms with Gasteiger partial charge in [0.25, 0.3) is 0 Å². The van der Waals surface area contributed by atoms with Crippen molar-refractivity contribution in [3.05, 3.63) is 29.3 Å². The first kappa shape index (κ1) is 18.0. The van der Waals surface area contributed by atoms with E-state index < -0.39 is 56.3 Å². The Hall–Kier alpha value is -1.02. The van der Waals surface area contributed by atoms with Gasteiger partial charge in [-0.1, -0.05) is 13.3 Å². The zero-order valence-corrected chi connectivity index (χ0v) is 12.6. The molecule has 0 radical (unpaired) electrons. The van der Waals surface area contributed by atoms with Gasteiger partial charge in [-0.25, -0.2) is 17.2 Å². The smallest absolute Gasteiger partial charge is 0.232 e. The quantitative estimate of drug-likeness (QED) is 0.429. The second-order valence-corrected chi connectivity index (χ2v) is 7.29. The van der Waals surface area contributed by atoms with Crippen LogP contribution in [-0.2, 0) is 9.05 Å². The number of hydrogen-bond donors (Lipinski definition) is 0. The van der Waals surface area contributed by atoms with Crippen LogP contribution < -0.4 is 4.74 Å². The number of benzene rings is 1. The maximum atomic E-state index is 13.4. The molecule has 1 unspecified atom stereocenters. The van der Waals surface area contributed by atoms with E-state index in [-0.39, 0.29) is 6.07 Å². The predicted octanol–water partition coefficient (Wildman–Crippen LogP) is 3.61. The van der Waals surface area contributed by atoms with E-state index in [0.29, 0.717) is 12.8 Å². The molecule has 0 saturated heterocycles. The Kier molecular flexibility index (Phi) is 6.27. The molecule has 0 N–H and O–H groups in total. The minimum Gasteiger partial charge on any atom is -0.487 e. The summed E-state index contributed by atoms with van der Waals surface area (Å²) in [4.78, 5) is 0. The predicted molar refractivity (Wildman–Crippen MR) is 69.8 cm³/mol. The Labute approximate surface area is 124 Å². The second-order valence-electron chi connectivity index (χ2n) is 4.47. The molecule has 0 amide bonds. The summed E-state index contributed by atoms with van der Waals surface area (Å²) < 4.78 is 79.5. The Morgan fingerprint density at radius 1 is 1.19 bits per heavy atom. The van der Waals surface area contributed by atoms with E-state index in [2.05, 4.69) is 0 Å². The van der Waals surface area contributed by atoms with Crippen molar-refractivity contribution in [2.75, 3.05) is 12.4 Å². The van der Waals surface area contributed by atoms with Gasteiger partial charge in [-0.15, -0.1) is 0 Å². The van der Waals surface area contributed by atoms with Gasteiger partial charge in [0.15, 0.2) is 17.4 Å². The zero-order chi connectivity index (χ0) is 16.2. The first-order chi connectivity index (χ1) is 9.65. The number of halogens is 5. The zero-order valence-electron chi connectivity index (χ0n) is 11.0. The van der Waals surface area contributed by atoms with Crippen molar-refractivity contribution < 1.29 is 30.7 Å². The summed E-state index contributed by atoms with van der Waals surface area (Å²) in [5.41, 5.74) is 0. The number of ether oxygens (including phenoxy) is 1. The first-order valence-electron chi connectivity index (χ1n) is 6.03. The molecule has 21 heavy (non-hydrogen) atoms. The monoisotopic (exact) mass is 348 g/mol. The van der Waals surface area contributed by atoms with Crippen molar-refractivity contribution in [1.82, 2.24) is 0 Å². The van der Waals surface area contributed by atoms with Crippen molar-refractivity contribution in [3.63, 3.8) is 0 Å². The number of rotatable bonds is 7. The van der Waals surface area contributed by atoms with Crippen molar-refractivity contribution in [2.24, 2.45) is 5.92 Å². The molecule has 1 atom stereocenters. The third kappa shape index (κ3) is 5.35. The molecule has 3 nitrogen and oxygen atoms in total. The van der Waals surface area contributed by atoms with Gasteiger partial charge in [0.2, 0.25) is 20.7 Å². The van der Waals surface area contributed by atoms with Crippen molar-refractivity contribution in [2.45, 2.75) is 19.8 Å². The highest BCUT2D eigenvalue weighted by atomic mass is 35.7. The second kappa shape index (κ2) is 7.31. The molecule has 0 aliphatic rings. The third-order valence-corrected chi connectivity index (χ3v) is 3.91. The molecule has 0 aliphatic carbocycles. The topological polar surface area (TPSA) is 43.4 Å². The van der Waals surface area contributed by atoms with E-state index in [9.17, 15) is 26.0 Å². The van der Waals surface area contributed by atoms with Crippen LogP contribution >= 0.6 is 10.7 Å². The molecule has 1 aromatic carbocycles. The van der Waals surface area contributed by atoms with Gasteiger partial charge < -0.3 is 4.74 Å². The lowest BCUT2D eigenvalue weighted by Crippen LogP contribution is -2.20. The van der Waals surface area contributed by atoms with Crippen LogP contribution in [0.5, 0.6) is 5.75 Å². The molecule has 0 aliphatic heterocycles. The van der Waals surface area contributed by atoms with Crippen molar-refractivity contribution in [3.8, 4) is 5.75 Å². The summed E-state index contributed by atoms with van der Waals surface area (Å²) in [6.07, 6.45) is 0.926. The summed E-state index contributed by atoms with van der Waals surface area (Å²) in [5.74, 6) is -8.86. The van der Waals surface area contributed by atoms with Crippen molar-refractivity contribution >= 4 is 19.7 Å². The molecule has 120 valence electrons. The maximum absolute atomic E-state index is 13.4. The maximum Gasteiger partial charge on any atom is 0.232 e. The van der Waals surface area contributed by atoms with Crippen LogP contribution in [0.25, 0.3) is 0 Å². The van der Waals surface area contributed by atoms with Crippen LogP contribution in [0, 0.1) is 29.2 Å². The largest absolute Gasteiger partial charge is 0.487 e. The Balaban J connectivity index is 2.90. The molecule has 0 bridgehead atoms. The van der Waals surface area contributed by atoms with Crippen LogP contribution in [0.1, 0.15) is 19.8 Å². The van der Waals surface area contributed by atoms with E-state index in [1.807, 2.05) is 0 Å². The Morgan fingerprint density at radius 2 is 1.71 bits per heavy atom. The molecule has 1 rings (SSSR count). The highest BCUT2D eigenvalue weighted by molar-refractivity contribution is 8.13. The minimum absolute atomic E-state index is 0.0598. The van der Waals surface area contributed by atoms with E-state index in [4.69, 9.17) is 15.4 Å². The SMILES string of the molecule is CCCC(COc1c(F)c(F)cc(F)c1F)CS(=O)(=O)Cl. The van der Waals surface area contributed by atoms with Gasteiger partial charge in [-0.05, 0) is 6.42 Å². The van der Waals surface area contributed by atoms with Gasteiger partial charge in [-0.3, -0.25) is 0 Å². The first-order valence-corrected chi connectivity index (χ1v) is 8.51. The summed E-state index contributed by atoms with van der Waals surface area (Å²) in [5, 5.41) is 0. The molecule has 0 spiro atoms. The summed E-state index contributed by atoms with van der Waals surface area (Å²) in [6, 6.07) is 0.0598. The van der Waals surface area contributed by atoms with E-state index in [0.717, 1.165) is 0 Å². The van der Waals surface area contributed by atoms with Gasteiger partial charge >= 0.3 is 0 Å². The Bertz CT molecular complexity index is 581. The molecular weight excluding hydrogens is 336 g/mol. The fourth-order valence-corrected chi connectivity index (χ4v) is 3.14. The average Bonchev–Trinajstić information content (AvgIpc) is 2.34. The molecular formula is C12H13ClF4O3S. The fourth-order valence-electron chi connectivity index (χ4n) is 1.78. The standard InChI is InChI=1S/C12H13ClF4O3S/c1-2-3-7(6-21(13,18)19)5-20-12-10(16)8(14)4-9(15)11(12)17/h4,7H,2-3,5-6H2,1H3. The molecule has 0 heterocycles. The lowest BCUT2D eigenvalue weighted by atomic mass is 10.1. The van der Waals surface area contributed by atoms with Crippen LogP contribution in [-0.4, -0.2) is 20.8 Å². The van der Waals surface area contributed by atoms with Crippen LogP contribution in [0.4, 0.5) is 17.6 Å². The van der Waals surface area contributed by atoms with Gasteiger partial charge in [0.1, 0.15) is 0 Å². The molecule has 0 saturated carbocycles. The summed E-state index contributed by atoms with van der Waals surface area (Å²) in [7, 11) is 1.28. The van der Waals surface area contributed by atoms with E-state index >= 15 is 0 Å². The summed E-state index contributed by atoms with van der Waals surface area (Å²) >= 11 is 0. The van der Waals surface area contributed by atoms with Gasteiger partial charge in [0, 0.05) is 22.7 Å². The highest BCUT2D eigenvalue weighted by Crippen LogP contribution is 2.27. The van der Waals surface area contributed by atoms with Crippen molar-refractivity contribution in [1.29, 1.82) is 0 Å². The highest BCUT2D eigenvalue weighted by Gasteiger charge is 2.23. The van der Waals surface area contributed by atoms with Gasteiger partial charge in [-0.2, -0.15) is 8.78 Å². The minimum atomic E-state index is -3.83. The van der Waals surface area contributed by atoms with Crippen LogP contribution in [0.3, 0.4) is 0 Å². The average molecular weight is 349 g/mol. The van der Waals surface area contributed by atoms with E-state index in [1.54, 1.807) is 6.92 Å². The Morgan fingerprint density at radius 3 is 2.14 bits per heavy atom. The van der Waals surface area contributed by atoms with Crippen LogP contribution in [0.15, 0.2) is 6.07 Å². The third-order valence-electron chi connectivity index (χ3n) is 2.67. The lowest BCUT2D eigenvalue weighted by Gasteiger charge is -2.16.